The van der Waals surface area contributed by atoms with Gasteiger partial charge in [-0.05, 0) is 36.7 Å². The summed E-state index contributed by atoms with van der Waals surface area (Å²) in [6, 6.07) is 6.47. The fourth-order valence-electron chi connectivity index (χ4n) is 1.60. The van der Waals surface area contributed by atoms with Crippen LogP contribution in [-0.4, -0.2) is 21.8 Å². The van der Waals surface area contributed by atoms with Crippen LogP contribution >= 0.6 is 0 Å². The van der Waals surface area contributed by atoms with Crippen LogP contribution in [0.1, 0.15) is 17.4 Å². The highest BCUT2D eigenvalue weighted by molar-refractivity contribution is 6.76. The van der Waals surface area contributed by atoms with E-state index in [1.54, 1.807) is 19.2 Å². The minimum atomic E-state index is -1.14. The molecule has 1 atom stereocenters. The van der Waals surface area contributed by atoms with Crippen molar-refractivity contribution in [2.24, 2.45) is 0 Å². The lowest BCUT2D eigenvalue weighted by Crippen LogP contribution is -2.22. The van der Waals surface area contributed by atoms with Crippen molar-refractivity contribution < 1.29 is 14.6 Å². The van der Waals surface area contributed by atoms with Crippen LogP contribution in [0.5, 0.6) is 5.75 Å². The normalized spacial score (nSPS) is 13.4. The monoisotopic (exact) mass is 267 g/mol. The molecule has 0 saturated carbocycles. The van der Waals surface area contributed by atoms with Crippen molar-refractivity contribution in [3.63, 3.8) is 0 Å². The topological polar surface area (TPSA) is 38.4 Å². The van der Waals surface area contributed by atoms with Gasteiger partial charge >= 0.3 is 0 Å². The second-order valence-corrected chi connectivity index (χ2v) is 11.4. The molecule has 18 heavy (non-hydrogen) atoms. The van der Waals surface area contributed by atoms with Crippen molar-refractivity contribution >= 4 is 8.07 Å². The Labute approximate surface area is 111 Å². The quantitative estimate of drug-likeness (QED) is 0.581. The highest BCUT2D eigenvalue weighted by Gasteiger charge is 2.17. The van der Waals surface area contributed by atoms with Crippen LogP contribution < -0.4 is 4.74 Å². The van der Waals surface area contributed by atoms with E-state index in [9.17, 15) is 5.11 Å². The first kappa shape index (κ1) is 15.2. The van der Waals surface area contributed by atoms with Gasteiger partial charge in [-0.15, -0.1) is 0 Å². The maximum absolute atomic E-state index is 12.0. The average Bonchev–Trinajstić information content (AvgIpc) is 2.26. The summed E-state index contributed by atoms with van der Waals surface area (Å²) in [4.78, 5) is 0. The van der Waals surface area contributed by atoms with Gasteiger partial charge in [0.2, 0.25) is 6.29 Å². The van der Waals surface area contributed by atoms with Gasteiger partial charge < -0.3 is 9.47 Å². The molecule has 0 fully saturated rings. The highest BCUT2D eigenvalue weighted by Crippen LogP contribution is 2.24. The van der Waals surface area contributed by atoms with Crippen LogP contribution in [0.2, 0.25) is 25.7 Å². The number of hydrogen-bond acceptors (Lipinski definition) is 2. The van der Waals surface area contributed by atoms with Crippen molar-refractivity contribution in [2.45, 2.75) is 38.9 Å². The molecule has 3 nitrogen and oxygen atoms in total. The lowest BCUT2D eigenvalue weighted by atomic mass is 10.1. The molecule has 101 valence electrons. The molecule has 0 N–H and O–H groups in total. The minimum Gasteiger partial charge on any atom is -0.497 e. The number of methoxy groups -OCH3 is 1. The molecule has 4 heteroatoms. The van der Waals surface area contributed by atoms with Crippen LogP contribution in [0.3, 0.4) is 0 Å². The van der Waals surface area contributed by atoms with Crippen molar-refractivity contribution in [1.82, 2.24) is 0 Å². The maximum atomic E-state index is 12.0. The first-order valence-electron chi connectivity index (χ1n) is 6.25. The van der Waals surface area contributed by atoms with Gasteiger partial charge in [0.05, 0.1) is 7.11 Å². The smallest absolute Gasteiger partial charge is 0.217 e. The van der Waals surface area contributed by atoms with E-state index in [4.69, 9.17) is 9.47 Å². The first-order chi connectivity index (χ1) is 8.33. The predicted octanol–water partition coefficient (Wildman–Crippen LogP) is 3.79. The zero-order valence-corrected chi connectivity index (χ0v) is 12.9. The Morgan fingerprint density at radius 3 is 2.44 bits per heavy atom. The second-order valence-electron chi connectivity index (χ2n) is 5.74. The molecular formula is C14H23O3Si. The maximum Gasteiger partial charge on any atom is 0.217 e. The Morgan fingerprint density at radius 1 is 1.28 bits per heavy atom. The number of aryl methyl sites for hydroxylation is 1. The van der Waals surface area contributed by atoms with Crippen molar-refractivity contribution in [3.05, 3.63) is 29.3 Å². The summed E-state index contributed by atoms with van der Waals surface area (Å²) in [5, 5.41) is 12.0. The minimum absolute atomic E-state index is 0.551. The molecule has 0 aromatic heterocycles. The van der Waals surface area contributed by atoms with Gasteiger partial charge in [-0.25, -0.2) is 0 Å². The largest absolute Gasteiger partial charge is 0.497 e. The first-order valence-corrected chi connectivity index (χ1v) is 9.96. The molecule has 0 aliphatic rings. The fraction of sp³-hybridized carbons (Fsp3) is 0.571. The van der Waals surface area contributed by atoms with Crippen molar-refractivity contribution in [1.29, 1.82) is 0 Å². The lowest BCUT2D eigenvalue weighted by molar-refractivity contribution is -0.141. The van der Waals surface area contributed by atoms with E-state index in [0.29, 0.717) is 12.2 Å². The molecule has 0 aliphatic carbocycles. The number of rotatable bonds is 6. The summed E-state index contributed by atoms with van der Waals surface area (Å²) >= 11 is 0. The second kappa shape index (κ2) is 6.36. The fourth-order valence-corrected chi connectivity index (χ4v) is 2.33. The third kappa shape index (κ3) is 4.80. The van der Waals surface area contributed by atoms with Gasteiger partial charge in [0, 0.05) is 20.2 Å². The summed E-state index contributed by atoms with van der Waals surface area (Å²) in [7, 11) is 0.481. The molecule has 0 bridgehead atoms. The summed E-state index contributed by atoms with van der Waals surface area (Å²) in [5.41, 5.74) is 1.62. The Morgan fingerprint density at radius 2 is 1.94 bits per heavy atom. The SMILES string of the molecule is COc1ccc(C([O])OCC[Si](C)(C)C)c(C)c1. The standard InChI is InChI=1S/C14H23O3Si/c1-11-10-12(16-2)6-7-13(11)14(15)17-8-9-18(3,4)5/h6-7,10,14H,8-9H2,1-5H3. The molecule has 0 spiro atoms. The van der Waals surface area contributed by atoms with Crippen molar-refractivity contribution in [3.8, 4) is 5.75 Å². The van der Waals surface area contributed by atoms with Crippen LogP contribution in [-0.2, 0) is 9.84 Å². The Balaban J connectivity index is 2.59. The molecule has 0 aliphatic heterocycles. The summed E-state index contributed by atoms with van der Waals surface area (Å²) in [6.07, 6.45) is -1.09. The van der Waals surface area contributed by atoms with Gasteiger partial charge in [-0.1, -0.05) is 19.6 Å². The predicted molar refractivity (Wildman–Crippen MR) is 75.3 cm³/mol. The van der Waals surface area contributed by atoms with E-state index >= 15 is 0 Å². The summed E-state index contributed by atoms with van der Waals surface area (Å²) in [6.45, 7) is 9.28. The molecule has 1 unspecified atom stereocenters. The van der Waals surface area contributed by atoms with E-state index in [1.807, 2.05) is 13.0 Å². The van der Waals surface area contributed by atoms with Gasteiger partial charge in [-0.3, -0.25) is 0 Å². The van der Waals surface area contributed by atoms with Gasteiger partial charge in [0.25, 0.3) is 0 Å². The number of hydrogen-bond donors (Lipinski definition) is 0. The molecule has 0 saturated heterocycles. The van der Waals surface area contributed by atoms with Crippen molar-refractivity contribution in [2.75, 3.05) is 13.7 Å². The zero-order chi connectivity index (χ0) is 13.8. The lowest BCUT2D eigenvalue weighted by Gasteiger charge is -2.18. The van der Waals surface area contributed by atoms with E-state index in [-0.39, 0.29) is 0 Å². The molecule has 1 aromatic rings. The van der Waals surface area contributed by atoms with Crippen LogP contribution in [0.4, 0.5) is 0 Å². The molecule has 1 rings (SSSR count). The highest BCUT2D eigenvalue weighted by atomic mass is 28.3. The molecule has 0 amide bonds. The van der Waals surface area contributed by atoms with E-state index in [0.717, 1.165) is 17.4 Å². The number of benzene rings is 1. The Bertz CT molecular complexity index is 385. The van der Waals surface area contributed by atoms with E-state index in [1.165, 1.54) is 0 Å². The molecule has 1 aromatic carbocycles. The van der Waals surface area contributed by atoms with Crippen LogP contribution in [0.25, 0.3) is 0 Å². The van der Waals surface area contributed by atoms with Crippen LogP contribution in [0, 0.1) is 6.92 Å². The molecule has 0 heterocycles. The van der Waals surface area contributed by atoms with Gasteiger partial charge in [0.15, 0.2) is 0 Å². The third-order valence-electron chi connectivity index (χ3n) is 2.85. The van der Waals surface area contributed by atoms with Gasteiger partial charge in [-0.2, -0.15) is 5.11 Å². The van der Waals surface area contributed by atoms with Crippen LogP contribution in [0.15, 0.2) is 18.2 Å². The Hall–Kier alpha value is -0.843. The van der Waals surface area contributed by atoms with E-state index < -0.39 is 14.4 Å². The molecular weight excluding hydrogens is 244 g/mol. The molecule has 1 radical (unpaired) electrons. The Kier molecular flexibility index (Phi) is 5.38. The zero-order valence-electron chi connectivity index (χ0n) is 11.9. The van der Waals surface area contributed by atoms with E-state index in [2.05, 4.69) is 19.6 Å². The summed E-state index contributed by atoms with van der Waals surface area (Å²) < 4.78 is 10.5. The average molecular weight is 267 g/mol. The summed E-state index contributed by atoms with van der Waals surface area (Å²) in [5.74, 6) is 0.769. The van der Waals surface area contributed by atoms with Gasteiger partial charge in [0.1, 0.15) is 5.75 Å². The number of ether oxygens (including phenoxy) is 2. The third-order valence-corrected chi connectivity index (χ3v) is 4.56.